The number of carbonyl (C=O) groups is 2. The molecule has 0 aliphatic heterocycles. The monoisotopic (exact) mass is 652 g/mol. The number of rotatable bonds is 17. The van der Waals surface area contributed by atoms with Crippen molar-refractivity contribution in [2.45, 2.75) is 81.8 Å². The molecular weight excluding hydrogens is 604 g/mol. The van der Waals surface area contributed by atoms with Crippen LogP contribution in [-0.2, 0) is 26.0 Å². The maximum atomic E-state index is 13.7. The Kier molecular flexibility index (Phi) is 12.4. The molecule has 0 saturated heterocycles. The number of alkyl carbamates (subject to hydrolysis) is 1. The first-order valence-corrected chi connectivity index (χ1v) is 17.6. The summed E-state index contributed by atoms with van der Waals surface area (Å²) < 4.78 is 33.7. The quantitative estimate of drug-likeness (QED) is 0.152. The number of fused-ring (bicyclic) bond motifs is 1. The number of methoxy groups -OCH3 is 1. The highest BCUT2D eigenvalue weighted by atomic mass is 32.2. The van der Waals surface area contributed by atoms with Crippen LogP contribution in [0.5, 0.6) is 0 Å². The molecule has 0 aromatic heterocycles. The van der Waals surface area contributed by atoms with Gasteiger partial charge in [-0.25, -0.2) is 13.2 Å². The standard InChI is InChI=1S/C35H48N4O6S/c1-24(2)20-21-39(46(43,44)30-18-16-28(36)17-19-30)29(23-40)11-7-13-32(26-14-15-26)37-34(41)33(38-35(42)45-3)22-27-10-6-9-25-8-4-5-12-31(25)27/h4-6,8-10,12,16-19,24,26,29,32-33,40H,7,11,13-15,20-23,36H2,1-3H3,(H,37,41)(H,38,42)/t29-,32+,33-/m0/s1. The molecule has 46 heavy (non-hydrogen) atoms. The zero-order chi connectivity index (χ0) is 33.3. The van der Waals surface area contributed by atoms with Crippen LogP contribution in [0.15, 0.2) is 71.6 Å². The van der Waals surface area contributed by atoms with Gasteiger partial charge in [0.2, 0.25) is 15.9 Å². The third kappa shape index (κ3) is 9.43. The van der Waals surface area contributed by atoms with E-state index in [-0.39, 0.29) is 35.9 Å². The van der Waals surface area contributed by atoms with Gasteiger partial charge in [0.05, 0.1) is 18.6 Å². The fraction of sp³-hybridized carbons (Fsp3) is 0.486. The van der Waals surface area contributed by atoms with Crippen molar-refractivity contribution in [1.29, 1.82) is 0 Å². The lowest BCUT2D eigenvalue weighted by atomic mass is 9.97. The molecule has 3 aromatic carbocycles. The Morgan fingerprint density at radius 1 is 0.978 bits per heavy atom. The number of nitrogens with two attached hydrogens (primary N) is 1. The lowest BCUT2D eigenvalue weighted by Gasteiger charge is -2.31. The molecule has 0 radical (unpaired) electrons. The Bertz CT molecular complexity index is 1550. The number of amides is 2. The van der Waals surface area contributed by atoms with Crippen LogP contribution in [-0.4, -0.2) is 68.2 Å². The van der Waals surface area contributed by atoms with Gasteiger partial charge in [0.25, 0.3) is 0 Å². The topological polar surface area (TPSA) is 151 Å². The highest BCUT2D eigenvalue weighted by Gasteiger charge is 2.35. The van der Waals surface area contributed by atoms with Gasteiger partial charge < -0.3 is 26.2 Å². The molecule has 10 nitrogen and oxygen atoms in total. The lowest BCUT2D eigenvalue weighted by Crippen LogP contribution is -2.51. The van der Waals surface area contributed by atoms with E-state index in [4.69, 9.17) is 10.5 Å². The first kappa shape index (κ1) is 35.2. The van der Waals surface area contributed by atoms with Crippen molar-refractivity contribution in [3.8, 4) is 0 Å². The number of nitrogens with zero attached hydrogens (tertiary/aromatic N) is 1. The first-order chi connectivity index (χ1) is 22.0. The van der Waals surface area contributed by atoms with Crippen LogP contribution in [0.4, 0.5) is 10.5 Å². The number of benzene rings is 3. The van der Waals surface area contributed by atoms with E-state index in [2.05, 4.69) is 10.6 Å². The molecule has 1 aliphatic carbocycles. The molecule has 3 atom stereocenters. The van der Waals surface area contributed by atoms with E-state index in [1.165, 1.54) is 23.5 Å². The van der Waals surface area contributed by atoms with E-state index >= 15 is 0 Å². The predicted molar refractivity (Wildman–Crippen MR) is 181 cm³/mol. The molecule has 250 valence electrons. The Balaban J connectivity index is 1.45. The van der Waals surface area contributed by atoms with Crippen molar-refractivity contribution in [1.82, 2.24) is 14.9 Å². The third-order valence-electron chi connectivity index (χ3n) is 8.70. The Morgan fingerprint density at radius 3 is 2.33 bits per heavy atom. The molecule has 0 heterocycles. The number of ether oxygens (including phenoxy) is 1. The summed E-state index contributed by atoms with van der Waals surface area (Å²) in [6.45, 7) is 4.04. The second-order valence-corrected chi connectivity index (χ2v) is 14.5. The normalized spacial score (nSPS) is 15.4. The number of aliphatic hydroxyl groups is 1. The fourth-order valence-corrected chi connectivity index (χ4v) is 7.53. The van der Waals surface area contributed by atoms with Gasteiger partial charge in [0.15, 0.2) is 0 Å². The number of nitrogens with one attached hydrogen (secondary N) is 2. The van der Waals surface area contributed by atoms with Gasteiger partial charge in [-0.1, -0.05) is 56.3 Å². The van der Waals surface area contributed by atoms with Crippen molar-refractivity contribution in [2.75, 3.05) is 26.0 Å². The van der Waals surface area contributed by atoms with Gasteiger partial charge in [0.1, 0.15) is 6.04 Å². The van der Waals surface area contributed by atoms with E-state index in [9.17, 15) is 23.1 Å². The molecule has 1 aliphatic rings. The molecule has 0 bridgehead atoms. The van der Waals surface area contributed by atoms with Gasteiger partial charge in [-0.3, -0.25) is 4.79 Å². The van der Waals surface area contributed by atoms with E-state index in [0.717, 1.165) is 29.2 Å². The summed E-state index contributed by atoms with van der Waals surface area (Å²) in [5.41, 5.74) is 7.20. The van der Waals surface area contributed by atoms with Crippen molar-refractivity contribution in [3.05, 3.63) is 72.3 Å². The predicted octanol–water partition coefficient (Wildman–Crippen LogP) is 4.85. The maximum Gasteiger partial charge on any atom is 0.407 e. The lowest BCUT2D eigenvalue weighted by molar-refractivity contribution is -0.124. The number of carbonyl (C=O) groups excluding carboxylic acids is 2. The maximum absolute atomic E-state index is 13.7. The SMILES string of the molecule is COC(=O)N[C@@H](Cc1cccc2ccccc12)C(=O)N[C@H](CCC[C@@H](CO)N(CCC(C)C)S(=O)(=O)c1ccc(N)cc1)C1CC1. The van der Waals surface area contributed by atoms with Gasteiger partial charge in [0, 0.05) is 30.7 Å². The molecule has 3 aromatic rings. The van der Waals surface area contributed by atoms with E-state index in [1.54, 1.807) is 12.1 Å². The summed E-state index contributed by atoms with van der Waals surface area (Å²) in [6, 6.07) is 18.3. The molecular formula is C35H48N4O6S. The second-order valence-electron chi connectivity index (χ2n) is 12.6. The van der Waals surface area contributed by atoms with Crippen molar-refractivity contribution in [3.63, 3.8) is 0 Å². The van der Waals surface area contributed by atoms with E-state index in [1.807, 2.05) is 56.3 Å². The zero-order valence-electron chi connectivity index (χ0n) is 27.0. The van der Waals surface area contributed by atoms with Crippen molar-refractivity contribution >= 4 is 38.5 Å². The number of hydrogen-bond donors (Lipinski definition) is 4. The summed E-state index contributed by atoms with van der Waals surface area (Å²) in [7, 11) is -2.60. The van der Waals surface area contributed by atoms with Crippen LogP contribution in [0.3, 0.4) is 0 Å². The van der Waals surface area contributed by atoms with Crippen LogP contribution in [0, 0.1) is 11.8 Å². The first-order valence-electron chi connectivity index (χ1n) is 16.1. The van der Waals surface area contributed by atoms with Gasteiger partial charge in [-0.2, -0.15) is 4.31 Å². The highest BCUT2D eigenvalue weighted by molar-refractivity contribution is 7.89. The molecule has 1 saturated carbocycles. The summed E-state index contributed by atoms with van der Waals surface area (Å²) in [6.07, 6.45) is 3.88. The molecule has 2 amide bonds. The Labute approximate surface area is 272 Å². The molecule has 0 spiro atoms. The smallest absolute Gasteiger partial charge is 0.407 e. The average Bonchev–Trinajstić information content (AvgIpc) is 3.89. The minimum atomic E-state index is -3.87. The molecule has 11 heteroatoms. The van der Waals surface area contributed by atoms with E-state index in [0.29, 0.717) is 43.7 Å². The summed E-state index contributed by atoms with van der Waals surface area (Å²) in [4.78, 5) is 26.1. The third-order valence-corrected chi connectivity index (χ3v) is 10.7. The summed E-state index contributed by atoms with van der Waals surface area (Å²) in [5.74, 6) is 0.292. The van der Waals surface area contributed by atoms with Crippen LogP contribution < -0.4 is 16.4 Å². The van der Waals surface area contributed by atoms with Crippen LogP contribution in [0.1, 0.15) is 57.9 Å². The van der Waals surface area contributed by atoms with E-state index < -0.39 is 28.2 Å². The highest BCUT2D eigenvalue weighted by Crippen LogP contribution is 2.35. The Morgan fingerprint density at radius 2 is 1.67 bits per heavy atom. The van der Waals surface area contributed by atoms with Gasteiger partial charge >= 0.3 is 6.09 Å². The van der Waals surface area contributed by atoms with Crippen LogP contribution in [0.2, 0.25) is 0 Å². The minimum absolute atomic E-state index is 0.140. The number of hydrogen-bond acceptors (Lipinski definition) is 7. The second kappa shape index (κ2) is 16.2. The molecule has 4 rings (SSSR count). The number of anilines is 1. The minimum Gasteiger partial charge on any atom is -0.453 e. The molecule has 0 unspecified atom stereocenters. The fourth-order valence-electron chi connectivity index (χ4n) is 5.87. The van der Waals surface area contributed by atoms with Gasteiger partial charge in [-0.05, 0) is 91.0 Å². The number of aliphatic hydroxyl groups excluding tert-OH is 1. The molecule has 1 fully saturated rings. The largest absolute Gasteiger partial charge is 0.453 e. The Hall–Kier alpha value is -3.67. The zero-order valence-corrected chi connectivity index (χ0v) is 27.8. The summed E-state index contributed by atoms with van der Waals surface area (Å²) in [5, 5.41) is 18.4. The van der Waals surface area contributed by atoms with Crippen molar-refractivity contribution < 1.29 is 27.9 Å². The van der Waals surface area contributed by atoms with Gasteiger partial charge in [-0.15, -0.1) is 0 Å². The summed E-state index contributed by atoms with van der Waals surface area (Å²) >= 11 is 0. The number of nitrogen functional groups attached to an aromatic ring is 1. The van der Waals surface area contributed by atoms with Crippen LogP contribution >= 0.6 is 0 Å². The average molecular weight is 653 g/mol. The van der Waals surface area contributed by atoms with Crippen LogP contribution in [0.25, 0.3) is 10.8 Å². The molecule has 5 N–H and O–H groups in total. The number of sulfonamides is 1. The van der Waals surface area contributed by atoms with Crippen molar-refractivity contribution in [2.24, 2.45) is 11.8 Å².